The van der Waals surface area contributed by atoms with Crippen LogP contribution in [0.3, 0.4) is 0 Å². The Bertz CT molecular complexity index is 686. The number of hydrogen-bond acceptors (Lipinski definition) is 2. The minimum absolute atomic E-state index is 0.259. The number of rotatable bonds is 4. The second-order valence-corrected chi connectivity index (χ2v) is 6.12. The fraction of sp³-hybridized carbons (Fsp3) is 0.133. The maximum absolute atomic E-state index is 12.1. The van der Waals surface area contributed by atoms with Gasteiger partial charge >= 0.3 is 0 Å². The first-order valence-corrected chi connectivity index (χ1v) is 7.75. The van der Waals surface area contributed by atoms with E-state index in [1.807, 2.05) is 0 Å². The van der Waals surface area contributed by atoms with E-state index in [4.69, 9.17) is 51.1 Å². The predicted molar refractivity (Wildman–Crippen MR) is 91.6 cm³/mol. The molecule has 7 heteroatoms. The van der Waals surface area contributed by atoms with E-state index < -0.39 is 6.10 Å². The first kappa shape index (κ1) is 17.2. The first-order valence-electron chi connectivity index (χ1n) is 6.24. The lowest BCUT2D eigenvalue weighted by atomic mass is 10.3. The van der Waals surface area contributed by atoms with Gasteiger partial charge in [0.15, 0.2) is 6.10 Å². The lowest BCUT2D eigenvalue weighted by molar-refractivity contribution is -0.122. The highest BCUT2D eigenvalue weighted by Crippen LogP contribution is 2.32. The van der Waals surface area contributed by atoms with Crippen molar-refractivity contribution in [3.05, 3.63) is 56.5 Å². The highest BCUT2D eigenvalue weighted by molar-refractivity contribution is 6.42. The van der Waals surface area contributed by atoms with Gasteiger partial charge in [0.05, 0.1) is 5.02 Å². The minimum Gasteiger partial charge on any atom is -0.479 e. The zero-order valence-corrected chi connectivity index (χ0v) is 14.4. The van der Waals surface area contributed by atoms with Gasteiger partial charge in [-0.3, -0.25) is 4.79 Å². The summed E-state index contributed by atoms with van der Waals surface area (Å²) in [6.07, 6.45) is -0.784. The van der Waals surface area contributed by atoms with Crippen LogP contribution in [0.25, 0.3) is 0 Å². The molecule has 0 unspecified atom stereocenters. The lowest BCUT2D eigenvalue weighted by Gasteiger charge is -2.16. The summed E-state index contributed by atoms with van der Waals surface area (Å²) in [5, 5.41) is 4.13. The molecular weight excluding hydrogens is 368 g/mol. The van der Waals surface area contributed by atoms with E-state index >= 15 is 0 Å². The number of anilines is 1. The van der Waals surface area contributed by atoms with Gasteiger partial charge in [0.25, 0.3) is 5.91 Å². The van der Waals surface area contributed by atoms with Gasteiger partial charge in [-0.05, 0) is 37.3 Å². The minimum atomic E-state index is -0.784. The zero-order valence-electron chi connectivity index (χ0n) is 11.4. The Kier molecular flexibility index (Phi) is 5.81. The standard InChI is InChI=1S/C15H11Cl4NO2/c1-8(22-13-4-2-3-12(18)14(13)19)15(21)20-11-6-9(16)5-10(17)7-11/h2-8H,1H3,(H,20,21)/t8-/m1/s1. The Morgan fingerprint density at radius 2 is 1.73 bits per heavy atom. The number of halogens is 4. The van der Waals surface area contributed by atoms with Crippen LogP contribution < -0.4 is 10.1 Å². The number of nitrogens with one attached hydrogen (secondary N) is 1. The molecule has 0 radical (unpaired) electrons. The second kappa shape index (κ2) is 7.42. The van der Waals surface area contributed by atoms with Crippen LogP contribution >= 0.6 is 46.4 Å². The van der Waals surface area contributed by atoms with Crippen LogP contribution in [0.4, 0.5) is 5.69 Å². The molecule has 116 valence electrons. The third-order valence-corrected chi connectivity index (χ3v) is 3.96. The van der Waals surface area contributed by atoms with Crippen LogP contribution in [0.5, 0.6) is 5.75 Å². The molecule has 1 atom stereocenters. The maximum atomic E-state index is 12.1. The van der Waals surface area contributed by atoms with Gasteiger partial charge in [-0.1, -0.05) is 52.5 Å². The van der Waals surface area contributed by atoms with Gasteiger partial charge < -0.3 is 10.1 Å². The van der Waals surface area contributed by atoms with Crippen molar-refractivity contribution < 1.29 is 9.53 Å². The zero-order chi connectivity index (χ0) is 16.3. The molecule has 0 aliphatic heterocycles. The lowest BCUT2D eigenvalue weighted by Crippen LogP contribution is -2.30. The van der Waals surface area contributed by atoms with E-state index in [1.54, 1.807) is 43.3 Å². The smallest absolute Gasteiger partial charge is 0.265 e. The summed E-state index contributed by atoms with van der Waals surface area (Å²) < 4.78 is 5.53. The van der Waals surface area contributed by atoms with Crippen LogP contribution in [0, 0.1) is 0 Å². The number of carbonyl (C=O) groups is 1. The molecular formula is C15H11Cl4NO2. The van der Waals surface area contributed by atoms with Crippen molar-refractivity contribution in [1.29, 1.82) is 0 Å². The molecule has 22 heavy (non-hydrogen) atoms. The van der Waals surface area contributed by atoms with E-state index in [-0.39, 0.29) is 10.9 Å². The predicted octanol–water partition coefficient (Wildman–Crippen LogP) is 5.71. The van der Waals surface area contributed by atoms with Crippen molar-refractivity contribution in [2.75, 3.05) is 5.32 Å². The van der Waals surface area contributed by atoms with Crippen molar-refractivity contribution in [1.82, 2.24) is 0 Å². The van der Waals surface area contributed by atoms with Crippen LogP contribution in [-0.2, 0) is 4.79 Å². The second-order valence-electron chi connectivity index (χ2n) is 4.46. The number of ether oxygens (including phenoxy) is 1. The summed E-state index contributed by atoms with van der Waals surface area (Å²) in [5.74, 6) is -0.0321. The monoisotopic (exact) mass is 377 g/mol. The molecule has 1 amide bonds. The molecule has 2 aromatic rings. The van der Waals surface area contributed by atoms with Crippen molar-refractivity contribution in [3.8, 4) is 5.75 Å². The average Bonchev–Trinajstić information content (AvgIpc) is 2.42. The SMILES string of the molecule is C[C@@H](Oc1cccc(Cl)c1Cl)C(=O)Nc1cc(Cl)cc(Cl)c1. The number of carbonyl (C=O) groups excluding carboxylic acids is 1. The highest BCUT2D eigenvalue weighted by Gasteiger charge is 2.17. The summed E-state index contributed by atoms with van der Waals surface area (Å²) in [6.45, 7) is 1.60. The first-order chi connectivity index (χ1) is 10.4. The quantitative estimate of drug-likeness (QED) is 0.740. The normalized spacial score (nSPS) is 11.9. The van der Waals surface area contributed by atoms with E-state index in [1.165, 1.54) is 0 Å². The molecule has 0 bridgehead atoms. The van der Waals surface area contributed by atoms with E-state index in [0.717, 1.165) is 0 Å². The third kappa shape index (κ3) is 4.43. The van der Waals surface area contributed by atoms with Crippen LogP contribution in [0.2, 0.25) is 20.1 Å². The molecule has 0 spiro atoms. The third-order valence-electron chi connectivity index (χ3n) is 2.72. The summed E-state index contributed by atoms with van der Waals surface area (Å²) in [6, 6.07) is 9.70. The number of amides is 1. The number of benzene rings is 2. The molecule has 0 aromatic heterocycles. The van der Waals surface area contributed by atoms with Crippen molar-refractivity contribution >= 4 is 58.0 Å². The molecule has 0 aliphatic carbocycles. The van der Waals surface area contributed by atoms with Gasteiger partial charge in [0.1, 0.15) is 10.8 Å². The number of hydrogen-bond donors (Lipinski definition) is 1. The van der Waals surface area contributed by atoms with Crippen molar-refractivity contribution in [3.63, 3.8) is 0 Å². The van der Waals surface area contributed by atoms with Crippen molar-refractivity contribution in [2.24, 2.45) is 0 Å². The summed E-state index contributed by atoms with van der Waals surface area (Å²) in [5.41, 5.74) is 0.482. The van der Waals surface area contributed by atoms with Crippen LogP contribution in [0.1, 0.15) is 6.92 Å². The van der Waals surface area contributed by atoms with Crippen molar-refractivity contribution in [2.45, 2.75) is 13.0 Å². The maximum Gasteiger partial charge on any atom is 0.265 e. The van der Waals surface area contributed by atoms with E-state index in [9.17, 15) is 4.79 Å². The largest absolute Gasteiger partial charge is 0.479 e. The Morgan fingerprint density at radius 1 is 1.09 bits per heavy atom. The summed E-state index contributed by atoms with van der Waals surface area (Å²) in [7, 11) is 0. The molecule has 0 heterocycles. The highest BCUT2D eigenvalue weighted by atomic mass is 35.5. The fourth-order valence-corrected chi connectivity index (χ4v) is 2.55. The summed E-state index contributed by atoms with van der Waals surface area (Å²) in [4.78, 5) is 12.1. The van der Waals surface area contributed by atoms with Gasteiger partial charge in [-0.25, -0.2) is 0 Å². The molecule has 1 N–H and O–H groups in total. The Morgan fingerprint density at radius 3 is 2.36 bits per heavy atom. The molecule has 0 saturated carbocycles. The van der Waals surface area contributed by atoms with Gasteiger partial charge in [0, 0.05) is 15.7 Å². The molecule has 0 fully saturated rings. The molecule has 0 aliphatic rings. The molecule has 3 nitrogen and oxygen atoms in total. The average molecular weight is 379 g/mol. The Balaban J connectivity index is 2.07. The molecule has 0 saturated heterocycles. The van der Waals surface area contributed by atoms with Crippen LogP contribution in [0.15, 0.2) is 36.4 Å². The topological polar surface area (TPSA) is 38.3 Å². The van der Waals surface area contributed by atoms with Gasteiger partial charge in [-0.2, -0.15) is 0 Å². The summed E-state index contributed by atoms with van der Waals surface area (Å²) >= 11 is 23.7. The Hall–Kier alpha value is -1.13. The van der Waals surface area contributed by atoms with Crippen LogP contribution in [-0.4, -0.2) is 12.0 Å². The molecule has 2 rings (SSSR count). The van der Waals surface area contributed by atoms with E-state index in [2.05, 4.69) is 5.32 Å². The Labute approximate surface area is 148 Å². The van der Waals surface area contributed by atoms with Gasteiger partial charge in [-0.15, -0.1) is 0 Å². The molecule has 2 aromatic carbocycles. The van der Waals surface area contributed by atoms with E-state index in [0.29, 0.717) is 26.5 Å². The fourth-order valence-electron chi connectivity index (χ4n) is 1.69. The van der Waals surface area contributed by atoms with Gasteiger partial charge in [0.2, 0.25) is 0 Å².